The van der Waals surface area contributed by atoms with E-state index >= 15 is 0 Å². The number of hydrogen-bond acceptors (Lipinski definition) is 3. The van der Waals surface area contributed by atoms with Crippen LogP contribution in [0.1, 0.15) is 23.2 Å². The summed E-state index contributed by atoms with van der Waals surface area (Å²) in [5, 5.41) is 2.82. The van der Waals surface area contributed by atoms with E-state index in [0.29, 0.717) is 19.6 Å². The maximum atomic E-state index is 11.3. The number of nitrogens with zero attached hydrogens (tertiary/aromatic N) is 1. The van der Waals surface area contributed by atoms with Gasteiger partial charge in [0.1, 0.15) is 0 Å². The molecule has 0 saturated carbocycles. The molecule has 4 heteroatoms. The van der Waals surface area contributed by atoms with Gasteiger partial charge < -0.3 is 10.1 Å². The van der Waals surface area contributed by atoms with Crippen molar-refractivity contribution in [3.8, 4) is 0 Å². The fourth-order valence-electron chi connectivity index (χ4n) is 1.28. The Kier molecular flexibility index (Phi) is 4.92. The number of carbonyl (C=O) groups excluding carboxylic acids is 1. The molecule has 0 radical (unpaired) electrons. The van der Waals surface area contributed by atoms with E-state index in [0.717, 1.165) is 16.8 Å². The van der Waals surface area contributed by atoms with Crippen molar-refractivity contribution in [2.24, 2.45) is 0 Å². The maximum absolute atomic E-state index is 11.3. The van der Waals surface area contributed by atoms with Gasteiger partial charge in [0.05, 0.1) is 6.61 Å². The average molecular weight is 222 g/mol. The highest BCUT2D eigenvalue weighted by atomic mass is 16.5. The van der Waals surface area contributed by atoms with Crippen molar-refractivity contribution in [1.29, 1.82) is 0 Å². The van der Waals surface area contributed by atoms with E-state index in [9.17, 15) is 4.79 Å². The summed E-state index contributed by atoms with van der Waals surface area (Å²) >= 11 is 0. The predicted octanol–water partition coefficient (Wildman–Crippen LogP) is 1.35. The number of aryl methyl sites for hydroxylation is 2. The minimum absolute atomic E-state index is 0.0000723. The van der Waals surface area contributed by atoms with Gasteiger partial charge in [0.15, 0.2) is 0 Å². The minimum atomic E-state index is 0.0000723. The molecule has 16 heavy (non-hydrogen) atoms. The van der Waals surface area contributed by atoms with Crippen LogP contribution in [0.4, 0.5) is 0 Å². The first-order chi connectivity index (χ1) is 7.63. The summed E-state index contributed by atoms with van der Waals surface area (Å²) in [5.41, 5.74) is 3.19. The molecule has 0 atom stereocenters. The fourth-order valence-corrected chi connectivity index (χ4v) is 1.28. The number of rotatable bonds is 5. The monoisotopic (exact) mass is 222 g/mol. The fraction of sp³-hybridized carbons (Fsp3) is 0.500. The molecule has 1 amide bonds. The van der Waals surface area contributed by atoms with E-state index in [1.54, 1.807) is 13.3 Å². The number of hydrogen-bond donors (Lipinski definition) is 1. The third-order valence-corrected chi connectivity index (χ3v) is 2.42. The number of ether oxygens (including phenoxy) is 1. The van der Waals surface area contributed by atoms with E-state index < -0.39 is 0 Å². The van der Waals surface area contributed by atoms with Gasteiger partial charge in [0.2, 0.25) is 5.91 Å². The van der Waals surface area contributed by atoms with Crippen LogP contribution in [0.15, 0.2) is 12.3 Å². The number of amides is 1. The number of methoxy groups -OCH3 is 1. The highest BCUT2D eigenvalue weighted by Gasteiger charge is 2.02. The van der Waals surface area contributed by atoms with Crippen LogP contribution in [0.25, 0.3) is 0 Å². The van der Waals surface area contributed by atoms with Crippen molar-refractivity contribution in [2.45, 2.75) is 26.8 Å². The number of nitrogens with one attached hydrogen (secondary N) is 1. The molecule has 0 aliphatic rings. The molecule has 1 rings (SSSR count). The Hall–Kier alpha value is -1.42. The third-order valence-electron chi connectivity index (χ3n) is 2.42. The molecule has 1 aromatic heterocycles. The summed E-state index contributed by atoms with van der Waals surface area (Å²) in [5.74, 6) is 0.0000723. The van der Waals surface area contributed by atoms with E-state index in [4.69, 9.17) is 4.74 Å². The lowest BCUT2D eigenvalue weighted by molar-refractivity contribution is -0.122. The second-order valence-electron chi connectivity index (χ2n) is 3.77. The molecule has 1 heterocycles. The molecule has 0 saturated heterocycles. The van der Waals surface area contributed by atoms with E-state index in [2.05, 4.69) is 10.3 Å². The lowest BCUT2D eigenvalue weighted by Crippen LogP contribution is -2.23. The van der Waals surface area contributed by atoms with Crippen LogP contribution in [0.5, 0.6) is 0 Å². The maximum Gasteiger partial charge on any atom is 0.222 e. The molecule has 0 aliphatic carbocycles. The number of carbonyl (C=O) groups is 1. The van der Waals surface area contributed by atoms with Crippen LogP contribution in [0.2, 0.25) is 0 Å². The quantitative estimate of drug-likeness (QED) is 0.818. The van der Waals surface area contributed by atoms with Crippen LogP contribution in [0, 0.1) is 13.8 Å². The lowest BCUT2D eigenvalue weighted by Gasteiger charge is -2.06. The van der Waals surface area contributed by atoms with Crippen molar-refractivity contribution in [3.63, 3.8) is 0 Å². The van der Waals surface area contributed by atoms with Crippen molar-refractivity contribution >= 4 is 5.91 Å². The first kappa shape index (κ1) is 12.6. The molecule has 0 fully saturated rings. The van der Waals surface area contributed by atoms with Gasteiger partial charge in [-0.2, -0.15) is 0 Å². The first-order valence-electron chi connectivity index (χ1n) is 5.31. The zero-order valence-electron chi connectivity index (χ0n) is 10.0. The largest absolute Gasteiger partial charge is 0.384 e. The van der Waals surface area contributed by atoms with Gasteiger partial charge in [0.25, 0.3) is 0 Å². The normalized spacial score (nSPS) is 10.2. The lowest BCUT2D eigenvalue weighted by atomic mass is 10.1. The van der Waals surface area contributed by atoms with Crippen LogP contribution < -0.4 is 5.32 Å². The highest BCUT2D eigenvalue weighted by Crippen LogP contribution is 2.05. The molecule has 0 spiro atoms. The van der Waals surface area contributed by atoms with Gasteiger partial charge in [-0.15, -0.1) is 0 Å². The predicted molar refractivity (Wildman–Crippen MR) is 62.1 cm³/mol. The Balaban J connectivity index is 2.42. The van der Waals surface area contributed by atoms with Gasteiger partial charge in [-0.25, -0.2) is 0 Å². The standard InChI is InChI=1S/C12H18N2O2/c1-9-6-11(7-13-10(9)2)8-14-12(15)4-5-16-3/h6-7H,4-5,8H2,1-3H3,(H,14,15). The Labute approximate surface area is 96.0 Å². The Bertz CT molecular complexity index is 364. The Morgan fingerprint density at radius 3 is 2.88 bits per heavy atom. The summed E-state index contributed by atoms with van der Waals surface area (Å²) in [7, 11) is 1.58. The molecule has 0 bridgehead atoms. The van der Waals surface area contributed by atoms with Crippen LogP contribution in [-0.4, -0.2) is 24.6 Å². The summed E-state index contributed by atoms with van der Waals surface area (Å²) in [6.07, 6.45) is 2.19. The van der Waals surface area contributed by atoms with Crippen molar-refractivity contribution in [1.82, 2.24) is 10.3 Å². The molecule has 0 aliphatic heterocycles. The van der Waals surface area contributed by atoms with Gasteiger partial charge >= 0.3 is 0 Å². The SMILES string of the molecule is COCCC(=O)NCc1cnc(C)c(C)c1. The van der Waals surface area contributed by atoms with Gasteiger partial charge in [-0.05, 0) is 25.0 Å². The van der Waals surface area contributed by atoms with E-state index in [1.807, 2.05) is 19.9 Å². The summed E-state index contributed by atoms with van der Waals surface area (Å²) in [6, 6.07) is 2.04. The third kappa shape index (κ3) is 3.98. The molecule has 0 unspecified atom stereocenters. The van der Waals surface area contributed by atoms with Crippen LogP contribution in [-0.2, 0) is 16.1 Å². The Morgan fingerprint density at radius 1 is 1.50 bits per heavy atom. The van der Waals surface area contributed by atoms with Crippen molar-refractivity contribution < 1.29 is 9.53 Å². The molecule has 1 aromatic rings. The molecular formula is C12H18N2O2. The van der Waals surface area contributed by atoms with Gasteiger partial charge in [0, 0.05) is 32.0 Å². The topological polar surface area (TPSA) is 51.2 Å². The zero-order valence-corrected chi connectivity index (χ0v) is 10.0. The van der Waals surface area contributed by atoms with E-state index in [-0.39, 0.29) is 5.91 Å². The van der Waals surface area contributed by atoms with Crippen molar-refractivity contribution in [2.75, 3.05) is 13.7 Å². The average Bonchev–Trinajstić information content (AvgIpc) is 2.28. The molecule has 4 nitrogen and oxygen atoms in total. The van der Waals surface area contributed by atoms with Gasteiger partial charge in [-0.3, -0.25) is 9.78 Å². The summed E-state index contributed by atoms with van der Waals surface area (Å²) in [6.45, 7) is 4.96. The highest BCUT2D eigenvalue weighted by molar-refractivity contribution is 5.75. The number of pyridine rings is 1. The Morgan fingerprint density at radius 2 is 2.25 bits per heavy atom. The van der Waals surface area contributed by atoms with Crippen molar-refractivity contribution in [3.05, 3.63) is 29.1 Å². The summed E-state index contributed by atoms with van der Waals surface area (Å²) < 4.78 is 4.83. The zero-order chi connectivity index (χ0) is 12.0. The minimum Gasteiger partial charge on any atom is -0.384 e. The smallest absolute Gasteiger partial charge is 0.222 e. The molecular weight excluding hydrogens is 204 g/mol. The second kappa shape index (κ2) is 6.23. The second-order valence-corrected chi connectivity index (χ2v) is 3.77. The van der Waals surface area contributed by atoms with Crippen LogP contribution in [0.3, 0.4) is 0 Å². The molecule has 1 N–H and O–H groups in total. The first-order valence-corrected chi connectivity index (χ1v) is 5.31. The molecule has 0 aromatic carbocycles. The summed E-state index contributed by atoms with van der Waals surface area (Å²) in [4.78, 5) is 15.6. The molecule has 88 valence electrons. The van der Waals surface area contributed by atoms with Gasteiger partial charge in [-0.1, -0.05) is 6.07 Å². The van der Waals surface area contributed by atoms with E-state index in [1.165, 1.54) is 0 Å². The number of aromatic nitrogens is 1. The van der Waals surface area contributed by atoms with Crippen LogP contribution >= 0.6 is 0 Å².